The van der Waals surface area contributed by atoms with E-state index in [1.807, 2.05) is 0 Å². The third-order valence-electron chi connectivity index (χ3n) is 4.39. The Bertz CT molecular complexity index is 176. The summed E-state index contributed by atoms with van der Waals surface area (Å²) >= 11 is 0. The van der Waals surface area contributed by atoms with Crippen LogP contribution in [0.5, 0.6) is 0 Å². The molecule has 2 N–H and O–H groups in total. The molecule has 0 bridgehead atoms. The van der Waals surface area contributed by atoms with Crippen molar-refractivity contribution in [3.63, 3.8) is 0 Å². The summed E-state index contributed by atoms with van der Waals surface area (Å²) in [5.41, 5.74) is 6.72. The van der Waals surface area contributed by atoms with E-state index >= 15 is 0 Å². The second-order valence-corrected chi connectivity index (χ2v) is 5.59. The Hall–Kier alpha value is -0.0400. The lowest BCUT2D eigenvalue weighted by Gasteiger charge is -2.37. The molecule has 0 heterocycles. The molecule has 2 aliphatic carbocycles. The first-order valence-electron chi connectivity index (χ1n) is 6.53. The Kier molecular flexibility index (Phi) is 3.16. The highest BCUT2D eigenvalue weighted by molar-refractivity contribution is 5.00. The van der Waals surface area contributed by atoms with Gasteiger partial charge in [-0.2, -0.15) is 0 Å². The topological polar surface area (TPSA) is 26.0 Å². The van der Waals surface area contributed by atoms with Crippen LogP contribution in [0.3, 0.4) is 0 Å². The van der Waals surface area contributed by atoms with Gasteiger partial charge >= 0.3 is 0 Å². The van der Waals surface area contributed by atoms with Gasteiger partial charge in [0.2, 0.25) is 0 Å². The van der Waals surface area contributed by atoms with E-state index in [1.54, 1.807) is 0 Å². The van der Waals surface area contributed by atoms with Crippen LogP contribution < -0.4 is 5.73 Å². The fourth-order valence-corrected chi connectivity index (χ4v) is 3.06. The number of rotatable bonds is 4. The molecule has 0 aromatic rings. The second-order valence-electron chi connectivity index (χ2n) is 5.59. The first-order valence-corrected chi connectivity index (χ1v) is 6.53. The number of nitrogens with two attached hydrogens (primary N) is 1. The van der Waals surface area contributed by atoms with E-state index in [0.717, 1.165) is 11.8 Å². The SMILES string of the molecule is CCCCC1CCC(N)(C2CC2)CC1. The fourth-order valence-electron chi connectivity index (χ4n) is 3.06. The van der Waals surface area contributed by atoms with Crippen LogP contribution in [0.15, 0.2) is 0 Å². The lowest BCUT2D eigenvalue weighted by atomic mass is 9.73. The van der Waals surface area contributed by atoms with E-state index in [-0.39, 0.29) is 5.54 Å². The Balaban J connectivity index is 1.74. The van der Waals surface area contributed by atoms with Crippen LogP contribution >= 0.6 is 0 Å². The van der Waals surface area contributed by atoms with Gasteiger partial charge in [-0.05, 0) is 50.4 Å². The van der Waals surface area contributed by atoms with Crippen molar-refractivity contribution in [3.05, 3.63) is 0 Å². The van der Waals surface area contributed by atoms with E-state index < -0.39 is 0 Å². The average Bonchev–Trinajstić information content (AvgIpc) is 3.01. The van der Waals surface area contributed by atoms with Gasteiger partial charge in [-0.1, -0.05) is 26.2 Å². The normalized spacial score (nSPS) is 38.6. The average molecular weight is 195 g/mol. The third-order valence-corrected chi connectivity index (χ3v) is 4.39. The second kappa shape index (κ2) is 4.22. The van der Waals surface area contributed by atoms with Crippen molar-refractivity contribution < 1.29 is 0 Å². The molecule has 0 amide bonds. The Morgan fingerprint density at radius 1 is 1.14 bits per heavy atom. The first-order chi connectivity index (χ1) is 6.74. The minimum Gasteiger partial charge on any atom is -0.325 e. The first kappa shape index (κ1) is 10.5. The molecular formula is C13H25N. The molecule has 1 heteroatoms. The summed E-state index contributed by atoms with van der Waals surface area (Å²) in [7, 11) is 0. The van der Waals surface area contributed by atoms with Crippen molar-refractivity contribution in [1.29, 1.82) is 0 Å². The van der Waals surface area contributed by atoms with Gasteiger partial charge in [0.15, 0.2) is 0 Å². The monoisotopic (exact) mass is 195 g/mol. The fraction of sp³-hybridized carbons (Fsp3) is 1.00. The van der Waals surface area contributed by atoms with Gasteiger partial charge in [0.25, 0.3) is 0 Å². The third kappa shape index (κ3) is 2.31. The lowest BCUT2D eigenvalue weighted by Crippen LogP contribution is -2.45. The quantitative estimate of drug-likeness (QED) is 0.730. The van der Waals surface area contributed by atoms with Crippen LogP contribution in [0.25, 0.3) is 0 Å². The van der Waals surface area contributed by atoms with Crippen LogP contribution in [0.1, 0.15) is 64.7 Å². The molecule has 1 nitrogen and oxygen atoms in total. The highest BCUT2D eigenvalue weighted by Crippen LogP contribution is 2.47. The van der Waals surface area contributed by atoms with Crippen molar-refractivity contribution in [2.24, 2.45) is 17.6 Å². The molecule has 0 aromatic heterocycles. The molecular weight excluding hydrogens is 170 g/mol. The summed E-state index contributed by atoms with van der Waals surface area (Å²) in [4.78, 5) is 0. The van der Waals surface area contributed by atoms with E-state index in [4.69, 9.17) is 5.73 Å². The van der Waals surface area contributed by atoms with Gasteiger partial charge in [0.05, 0.1) is 0 Å². The molecule has 0 radical (unpaired) electrons. The summed E-state index contributed by atoms with van der Waals surface area (Å²) < 4.78 is 0. The molecule has 0 unspecified atom stereocenters. The molecule has 0 atom stereocenters. The number of hydrogen-bond donors (Lipinski definition) is 1. The highest BCUT2D eigenvalue weighted by Gasteiger charge is 2.43. The van der Waals surface area contributed by atoms with E-state index in [2.05, 4.69) is 6.92 Å². The maximum atomic E-state index is 6.46. The summed E-state index contributed by atoms with van der Waals surface area (Å²) in [6, 6.07) is 0. The predicted octanol–water partition coefficient (Wildman–Crippen LogP) is 3.47. The highest BCUT2D eigenvalue weighted by atomic mass is 14.8. The van der Waals surface area contributed by atoms with Gasteiger partial charge in [-0.25, -0.2) is 0 Å². The van der Waals surface area contributed by atoms with Crippen LogP contribution in [-0.2, 0) is 0 Å². The van der Waals surface area contributed by atoms with Crippen LogP contribution in [0.2, 0.25) is 0 Å². The molecule has 0 spiro atoms. The Morgan fingerprint density at radius 3 is 2.29 bits per heavy atom. The summed E-state index contributed by atoms with van der Waals surface area (Å²) in [5, 5.41) is 0. The number of hydrogen-bond acceptors (Lipinski definition) is 1. The van der Waals surface area contributed by atoms with E-state index in [0.29, 0.717) is 0 Å². The maximum absolute atomic E-state index is 6.46. The van der Waals surface area contributed by atoms with Crippen molar-refractivity contribution >= 4 is 0 Å². The molecule has 0 aliphatic heterocycles. The van der Waals surface area contributed by atoms with Gasteiger partial charge in [-0.15, -0.1) is 0 Å². The maximum Gasteiger partial charge on any atom is 0.0183 e. The smallest absolute Gasteiger partial charge is 0.0183 e. The molecule has 14 heavy (non-hydrogen) atoms. The summed E-state index contributed by atoms with van der Waals surface area (Å²) in [6.45, 7) is 2.29. The van der Waals surface area contributed by atoms with E-state index in [9.17, 15) is 0 Å². The van der Waals surface area contributed by atoms with Crippen molar-refractivity contribution in [2.75, 3.05) is 0 Å². The minimum absolute atomic E-state index is 0.267. The standard InChI is InChI=1S/C13H25N/c1-2-3-4-11-7-9-13(14,10-8-11)12-5-6-12/h11-12H,2-10,14H2,1H3. The molecule has 2 rings (SSSR count). The zero-order valence-corrected chi connectivity index (χ0v) is 9.60. The molecule has 2 fully saturated rings. The van der Waals surface area contributed by atoms with Gasteiger partial charge in [-0.3, -0.25) is 0 Å². The zero-order chi connectivity index (χ0) is 10.0. The predicted molar refractivity (Wildman–Crippen MR) is 61.1 cm³/mol. The molecule has 2 aliphatic rings. The van der Waals surface area contributed by atoms with Crippen LogP contribution in [-0.4, -0.2) is 5.54 Å². The molecule has 82 valence electrons. The Morgan fingerprint density at radius 2 is 1.79 bits per heavy atom. The Labute approximate surface area is 88.4 Å². The van der Waals surface area contributed by atoms with E-state index in [1.165, 1.54) is 57.8 Å². The van der Waals surface area contributed by atoms with Crippen molar-refractivity contribution in [2.45, 2.75) is 70.3 Å². The van der Waals surface area contributed by atoms with Crippen LogP contribution in [0.4, 0.5) is 0 Å². The zero-order valence-electron chi connectivity index (χ0n) is 9.60. The van der Waals surface area contributed by atoms with Crippen molar-refractivity contribution in [1.82, 2.24) is 0 Å². The lowest BCUT2D eigenvalue weighted by molar-refractivity contribution is 0.200. The molecule has 2 saturated carbocycles. The number of unbranched alkanes of at least 4 members (excludes halogenated alkanes) is 1. The molecule has 0 aromatic carbocycles. The summed E-state index contributed by atoms with van der Waals surface area (Å²) in [6.07, 6.45) is 12.5. The van der Waals surface area contributed by atoms with Gasteiger partial charge in [0.1, 0.15) is 0 Å². The molecule has 0 saturated heterocycles. The van der Waals surface area contributed by atoms with Crippen LogP contribution in [0, 0.1) is 11.8 Å². The van der Waals surface area contributed by atoms with Crippen molar-refractivity contribution in [3.8, 4) is 0 Å². The largest absolute Gasteiger partial charge is 0.325 e. The van der Waals surface area contributed by atoms with Gasteiger partial charge in [0, 0.05) is 5.54 Å². The minimum atomic E-state index is 0.267. The van der Waals surface area contributed by atoms with Gasteiger partial charge < -0.3 is 5.73 Å². The summed E-state index contributed by atoms with van der Waals surface area (Å²) in [5.74, 6) is 1.90.